The van der Waals surface area contributed by atoms with Crippen molar-refractivity contribution >= 4 is 18.0 Å². The zero-order valence-electron chi connectivity index (χ0n) is 14.1. The van der Waals surface area contributed by atoms with Gasteiger partial charge in [0.1, 0.15) is 17.7 Å². The Morgan fingerprint density at radius 2 is 2.04 bits per heavy atom. The van der Waals surface area contributed by atoms with Crippen LogP contribution in [-0.4, -0.2) is 53.7 Å². The predicted molar refractivity (Wildman–Crippen MR) is 85.5 cm³/mol. The summed E-state index contributed by atoms with van der Waals surface area (Å²) < 4.78 is 4.81. The molecule has 0 aliphatic rings. The van der Waals surface area contributed by atoms with E-state index in [0.29, 0.717) is 0 Å². The van der Waals surface area contributed by atoms with Crippen molar-refractivity contribution in [1.29, 1.82) is 5.26 Å². The van der Waals surface area contributed by atoms with E-state index in [1.807, 2.05) is 13.8 Å². The fourth-order valence-electron chi connectivity index (χ4n) is 1.78. The van der Waals surface area contributed by atoms with Gasteiger partial charge in [-0.05, 0) is 19.3 Å². The molecule has 9 heteroatoms. The highest BCUT2D eigenvalue weighted by molar-refractivity contribution is 5.99. The van der Waals surface area contributed by atoms with E-state index in [9.17, 15) is 14.4 Å². The summed E-state index contributed by atoms with van der Waals surface area (Å²) in [6, 6.07) is 0.526. The molecule has 0 aromatic heterocycles. The van der Waals surface area contributed by atoms with Gasteiger partial charge in [-0.3, -0.25) is 9.69 Å². The number of aliphatic carboxylic acids is 1. The maximum Gasteiger partial charge on any atom is 0.413 e. The molecule has 0 radical (unpaired) electrons. The Balaban J connectivity index is 5.26. The summed E-state index contributed by atoms with van der Waals surface area (Å²) in [5.41, 5.74) is 4.98. The van der Waals surface area contributed by atoms with Gasteiger partial charge in [-0.1, -0.05) is 13.8 Å². The first-order valence-corrected chi connectivity index (χ1v) is 7.55. The molecule has 0 rings (SSSR count). The maximum absolute atomic E-state index is 12.1. The third kappa shape index (κ3) is 7.60. The number of amides is 2. The summed E-state index contributed by atoms with van der Waals surface area (Å²) in [4.78, 5) is 36.0. The normalized spacial score (nSPS) is 12.2. The standard InChI is InChI=1S/C15H24N4O5/c1-4-24-15(23)19(6-5-16)9-11(8-17)13(20)18-12(14(21)22)7-10(2)3/h9-10,12H,4-7,16H2,1-3H3,(H,18,20)(H,21,22)/b11-9-. The molecule has 0 saturated carbocycles. The third-order valence-corrected chi connectivity index (χ3v) is 2.83. The number of carboxylic acid groups (broad SMARTS) is 1. The number of ether oxygens (including phenoxy) is 1. The van der Waals surface area contributed by atoms with E-state index in [4.69, 9.17) is 20.8 Å². The highest BCUT2D eigenvalue weighted by Crippen LogP contribution is 2.07. The van der Waals surface area contributed by atoms with Crippen LogP contribution >= 0.6 is 0 Å². The molecule has 0 aromatic rings. The molecule has 0 heterocycles. The predicted octanol–water partition coefficient (Wildman–Crippen LogP) is 0.427. The Kier molecular flexibility index (Phi) is 9.82. The minimum absolute atomic E-state index is 0.0363. The largest absolute Gasteiger partial charge is 0.480 e. The summed E-state index contributed by atoms with van der Waals surface area (Å²) in [7, 11) is 0. The van der Waals surface area contributed by atoms with E-state index >= 15 is 0 Å². The van der Waals surface area contributed by atoms with Crippen molar-refractivity contribution in [2.45, 2.75) is 33.2 Å². The van der Waals surface area contributed by atoms with Crippen LogP contribution in [0.15, 0.2) is 11.8 Å². The van der Waals surface area contributed by atoms with Crippen molar-refractivity contribution < 1.29 is 24.2 Å². The lowest BCUT2D eigenvalue weighted by Crippen LogP contribution is -2.42. The minimum Gasteiger partial charge on any atom is -0.480 e. The van der Waals surface area contributed by atoms with E-state index in [2.05, 4.69) is 5.32 Å². The number of nitriles is 1. The quantitative estimate of drug-likeness (QED) is 0.407. The van der Waals surface area contributed by atoms with E-state index in [-0.39, 0.29) is 32.0 Å². The number of nitrogens with two attached hydrogens (primary N) is 1. The molecule has 9 nitrogen and oxygen atoms in total. The first kappa shape index (κ1) is 21.4. The second-order valence-electron chi connectivity index (χ2n) is 5.33. The van der Waals surface area contributed by atoms with Gasteiger partial charge < -0.3 is 20.9 Å². The lowest BCUT2D eigenvalue weighted by Gasteiger charge is -2.19. The van der Waals surface area contributed by atoms with E-state index < -0.39 is 29.6 Å². The average Bonchev–Trinajstić information content (AvgIpc) is 2.50. The molecule has 134 valence electrons. The molecule has 0 aromatic carbocycles. The lowest BCUT2D eigenvalue weighted by atomic mass is 10.0. The molecule has 0 spiro atoms. The number of hydrogen-bond acceptors (Lipinski definition) is 6. The Bertz CT molecular complexity index is 524. The second-order valence-corrected chi connectivity index (χ2v) is 5.33. The molecule has 24 heavy (non-hydrogen) atoms. The van der Waals surface area contributed by atoms with Crippen LogP contribution in [0.5, 0.6) is 0 Å². The van der Waals surface area contributed by atoms with Crippen molar-refractivity contribution in [3.63, 3.8) is 0 Å². The molecule has 2 amide bonds. The molecule has 0 fully saturated rings. The summed E-state index contributed by atoms with van der Waals surface area (Å²) >= 11 is 0. The Morgan fingerprint density at radius 1 is 1.42 bits per heavy atom. The molecular weight excluding hydrogens is 316 g/mol. The van der Waals surface area contributed by atoms with Gasteiger partial charge in [0.05, 0.1) is 6.61 Å². The van der Waals surface area contributed by atoms with Gasteiger partial charge in [0.15, 0.2) is 0 Å². The number of nitrogens with one attached hydrogen (secondary N) is 1. The first-order chi connectivity index (χ1) is 11.3. The zero-order valence-corrected chi connectivity index (χ0v) is 14.1. The van der Waals surface area contributed by atoms with Gasteiger partial charge in [-0.25, -0.2) is 9.59 Å². The highest BCUT2D eigenvalue weighted by atomic mass is 16.6. The Labute approximate surface area is 141 Å². The summed E-state index contributed by atoms with van der Waals surface area (Å²) in [6.07, 6.45) is 0.471. The van der Waals surface area contributed by atoms with Crippen molar-refractivity contribution in [2.24, 2.45) is 11.7 Å². The third-order valence-electron chi connectivity index (χ3n) is 2.83. The average molecular weight is 340 g/mol. The maximum atomic E-state index is 12.1. The Hall–Kier alpha value is -2.60. The topological polar surface area (TPSA) is 146 Å². The highest BCUT2D eigenvalue weighted by Gasteiger charge is 2.24. The van der Waals surface area contributed by atoms with E-state index in [1.54, 1.807) is 13.0 Å². The summed E-state index contributed by atoms with van der Waals surface area (Å²) in [5.74, 6) is -2.04. The molecule has 1 atom stereocenters. The van der Waals surface area contributed by atoms with Crippen LogP contribution in [0.2, 0.25) is 0 Å². The number of carbonyl (C=O) groups excluding carboxylic acids is 2. The Morgan fingerprint density at radius 3 is 2.46 bits per heavy atom. The van der Waals surface area contributed by atoms with Crippen molar-refractivity contribution in [1.82, 2.24) is 10.2 Å². The van der Waals surface area contributed by atoms with Crippen LogP contribution < -0.4 is 11.1 Å². The van der Waals surface area contributed by atoms with Gasteiger partial charge in [0.2, 0.25) is 0 Å². The number of carbonyl (C=O) groups is 3. The zero-order chi connectivity index (χ0) is 18.7. The number of nitrogens with zero attached hydrogens (tertiary/aromatic N) is 2. The monoisotopic (exact) mass is 340 g/mol. The SMILES string of the molecule is CCOC(=O)N(/C=C(/C#N)C(=O)NC(CC(C)C)C(=O)O)CCN. The smallest absolute Gasteiger partial charge is 0.413 e. The molecule has 1 unspecified atom stereocenters. The fourth-order valence-corrected chi connectivity index (χ4v) is 1.78. The van der Waals surface area contributed by atoms with Crippen molar-refractivity contribution in [3.05, 3.63) is 11.8 Å². The first-order valence-electron chi connectivity index (χ1n) is 7.55. The molecule has 4 N–H and O–H groups in total. The van der Waals surface area contributed by atoms with Crippen LogP contribution in [0.4, 0.5) is 4.79 Å². The van der Waals surface area contributed by atoms with Gasteiger partial charge in [-0.15, -0.1) is 0 Å². The fraction of sp³-hybridized carbons (Fsp3) is 0.600. The van der Waals surface area contributed by atoms with E-state index in [0.717, 1.165) is 11.1 Å². The van der Waals surface area contributed by atoms with Crippen molar-refractivity contribution in [3.8, 4) is 6.07 Å². The summed E-state index contributed by atoms with van der Waals surface area (Å²) in [5, 5.41) is 20.5. The number of hydrogen-bond donors (Lipinski definition) is 3. The lowest BCUT2D eigenvalue weighted by molar-refractivity contribution is -0.141. The number of rotatable bonds is 9. The van der Waals surface area contributed by atoms with Gasteiger partial charge in [-0.2, -0.15) is 5.26 Å². The van der Waals surface area contributed by atoms with Crippen LogP contribution in [0.3, 0.4) is 0 Å². The van der Waals surface area contributed by atoms with Crippen LogP contribution in [0.1, 0.15) is 27.2 Å². The van der Waals surface area contributed by atoms with Crippen LogP contribution in [0.25, 0.3) is 0 Å². The number of carboxylic acids is 1. The second kappa shape index (κ2) is 11.0. The summed E-state index contributed by atoms with van der Waals surface area (Å²) in [6.45, 7) is 5.51. The van der Waals surface area contributed by atoms with Crippen molar-refractivity contribution in [2.75, 3.05) is 19.7 Å². The van der Waals surface area contributed by atoms with Gasteiger partial charge in [0, 0.05) is 19.3 Å². The minimum atomic E-state index is -1.20. The molecule has 0 aliphatic carbocycles. The molecule has 0 saturated heterocycles. The van der Waals surface area contributed by atoms with Gasteiger partial charge in [0.25, 0.3) is 5.91 Å². The molecule has 0 bridgehead atoms. The van der Waals surface area contributed by atoms with Crippen LogP contribution in [0, 0.1) is 17.2 Å². The van der Waals surface area contributed by atoms with E-state index in [1.165, 1.54) is 0 Å². The molecule has 0 aliphatic heterocycles. The van der Waals surface area contributed by atoms with Crippen LogP contribution in [-0.2, 0) is 14.3 Å². The van der Waals surface area contributed by atoms with Gasteiger partial charge >= 0.3 is 12.1 Å². The molecular formula is C15H24N4O5.